The summed E-state index contributed by atoms with van der Waals surface area (Å²) in [4.78, 5) is 66.5. The van der Waals surface area contributed by atoms with Gasteiger partial charge in [0.05, 0.1) is 193 Å². The Kier molecular flexibility index (Phi) is 36.2. The highest BCUT2D eigenvalue weighted by atomic mass is 19.3. The van der Waals surface area contributed by atoms with Gasteiger partial charge in [0, 0.05) is 243 Å². The summed E-state index contributed by atoms with van der Waals surface area (Å²) in [6.07, 6.45) is 29.2. The summed E-state index contributed by atoms with van der Waals surface area (Å²) in [6.45, 7) is 9.83. The monoisotopic (exact) mass is 2010 g/mol. The van der Waals surface area contributed by atoms with Crippen LogP contribution in [0.1, 0.15) is 51.3 Å². The van der Waals surface area contributed by atoms with Crippen LogP contribution in [-0.4, -0.2) is 223 Å². The number of benzene rings is 8. The fraction of sp³-hybridized carbons (Fsp3) is 0.259. The molecule has 0 aliphatic carbocycles. The van der Waals surface area contributed by atoms with Gasteiger partial charge in [-0.2, -0.15) is 20.4 Å². The number of halogens is 2. The molecular weight excluding hydrogens is 1890 g/mol. The van der Waals surface area contributed by atoms with E-state index >= 15 is 0 Å². The number of hydrogen-bond donors (Lipinski definition) is 4. The lowest BCUT2D eigenvalue weighted by molar-refractivity contribution is -0.121. The van der Waals surface area contributed by atoms with Crippen molar-refractivity contribution in [2.24, 2.45) is 19.8 Å². The fourth-order valence-electron chi connectivity index (χ4n) is 15.9. The maximum atomic E-state index is 13.2. The van der Waals surface area contributed by atoms with E-state index in [1.807, 2.05) is 201 Å². The van der Waals surface area contributed by atoms with Crippen molar-refractivity contribution >= 4 is 95.5 Å². The number of nitrogens with two attached hydrogens (primary N) is 1. The number of anilines is 8. The summed E-state index contributed by atoms with van der Waals surface area (Å²) in [6, 6.07) is 56.8. The smallest absolute Gasteiger partial charge is 0.257 e. The maximum Gasteiger partial charge on any atom is 0.257 e. The average Bonchev–Trinajstić information content (AvgIpc) is 1.75. The van der Waals surface area contributed by atoms with E-state index in [0.717, 1.165) is 185 Å². The first-order valence-corrected chi connectivity index (χ1v) is 48.1. The Bertz CT molecular complexity index is 7370. The molecular formula is C112H118F2N26O9. The molecule has 10 heterocycles. The standard InChI is InChI=1S/C28H35F2N7O2.C28H35N7O3.2C28H24N6O2/c1-28(29,30)19-32-9-5-11-37(22-12-23(38-2)15-24(13-22)39-3)21-6-7-25-26(14-21)35-27(17-33-25)20-16-34-36(18-20)10-4-8-31;1-19(2)30-9-6-10-35(22-11-23(37-4)14-24(12-22)38-5)21-7-8-25-26(13-21)33-27(16-31-25)20-15-32-34(17-20)18-28(36)29-3;1-33-19-21(17-31-33)28-18-30-26-9-8-22(14-27(26)32-28)34(11-5-7-20-6-4-10-29-16-20)23-12-24(35-2)15-25(13-23)36-3;1-33-19-20(17-31-33)28-18-30-26-10-9-22(15-27(26)32-28)34(12-6-8-21-7-4-5-11-29-21)23-13-24(35-2)16-25(14-23)36-3/h6-7,12-18,32H,4-5,8-11,19,31H2,1-3H3;7-8,11-17,19,30H,6,9-10,18H2,1-5H3,(H,29,36);4,6,8-10,12-19H,11H2,1-3H3;4-5,7,9-11,13-19H,12H2,1-3H3. The number of fused-ring (bicyclic) bond motifs is 4. The summed E-state index contributed by atoms with van der Waals surface area (Å²) in [5.74, 6) is 15.5. The first-order chi connectivity index (χ1) is 72.4. The molecule has 10 aromatic heterocycles. The molecule has 35 nitrogen and oxygen atoms in total. The average molecular weight is 2010 g/mol. The normalized spacial score (nSPS) is 11.0. The Morgan fingerprint density at radius 2 is 0.792 bits per heavy atom. The van der Waals surface area contributed by atoms with E-state index in [1.165, 1.54) is 0 Å². The van der Waals surface area contributed by atoms with Crippen molar-refractivity contribution in [2.75, 3.05) is 136 Å². The molecule has 0 unspecified atom stereocenters. The molecule has 0 saturated heterocycles. The zero-order valence-corrected chi connectivity index (χ0v) is 85.5. The predicted molar refractivity (Wildman–Crippen MR) is 577 cm³/mol. The first-order valence-electron chi connectivity index (χ1n) is 48.1. The number of hydrogen-bond acceptors (Lipinski definition) is 30. The molecule has 0 atom stereocenters. The van der Waals surface area contributed by atoms with Crippen LogP contribution in [0.5, 0.6) is 46.0 Å². The third kappa shape index (κ3) is 28.9. The number of carbonyl (C=O) groups excluding carboxylic acids is 1. The third-order valence-corrected chi connectivity index (χ3v) is 23.5. The van der Waals surface area contributed by atoms with Crippen molar-refractivity contribution in [3.8, 4) is 115 Å². The van der Waals surface area contributed by atoms with Crippen LogP contribution in [0.25, 0.3) is 89.2 Å². The molecule has 0 bridgehead atoms. The molecule has 0 aliphatic rings. The number of pyridine rings is 2. The number of alkyl halides is 2. The van der Waals surface area contributed by atoms with E-state index in [1.54, 1.807) is 158 Å². The molecule has 0 aliphatic heterocycles. The van der Waals surface area contributed by atoms with Gasteiger partial charge in [0.2, 0.25) is 5.91 Å². The Hall–Kier alpha value is -17.8. The lowest BCUT2D eigenvalue weighted by Crippen LogP contribution is -2.32. The van der Waals surface area contributed by atoms with Crippen molar-refractivity contribution in [3.63, 3.8) is 0 Å². The molecule has 0 spiro atoms. The van der Waals surface area contributed by atoms with Crippen LogP contribution in [0.2, 0.25) is 0 Å². The number of rotatable bonds is 38. The Balaban J connectivity index is 0.000000149. The van der Waals surface area contributed by atoms with Crippen molar-refractivity contribution in [1.29, 1.82) is 0 Å². The second kappa shape index (κ2) is 51.1. The van der Waals surface area contributed by atoms with Gasteiger partial charge in [-0.1, -0.05) is 37.7 Å². The van der Waals surface area contributed by atoms with Gasteiger partial charge in [-0.05, 0) is 142 Å². The second-order valence-electron chi connectivity index (χ2n) is 34.6. The fourth-order valence-corrected chi connectivity index (χ4v) is 15.9. The highest BCUT2D eigenvalue weighted by Crippen LogP contribution is 2.41. The zero-order chi connectivity index (χ0) is 105. The van der Waals surface area contributed by atoms with Gasteiger partial charge in [-0.25, -0.2) is 33.7 Å². The molecule has 0 radical (unpaired) electrons. The largest absolute Gasteiger partial charge is 0.497 e. The molecule has 8 aromatic carbocycles. The zero-order valence-electron chi connectivity index (χ0n) is 85.5. The minimum atomic E-state index is -2.75. The molecule has 37 heteroatoms. The lowest BCUT2D eigenvalue weighted by atomic mass is 10.1. The highest BCUT2D eigenvalue weighted by Gasteiger charge is 2.24. The van der Waals surface area contributed by atoms with Crippen LogP contribution in [0.15, 0.2) is 269 Å². The number of aryl methyl sites for hydroxylation is 3. The summed E-state index contributed by atoms with van der Waals surface area (Å²) >= 11 is 0. The van der Waals surface area contributed by atoms with Crippen molar-refractivity contribution in [2.45, 2.75) is 65.1 Å². The molecule has 764 valence electrons. The maximum absolute atomic E-state index is 13.2. The summed E-state index contributed by atoms with van der Waals surface area (Å²) in [5, 5.41) is 26.1. The molecule has 1 amide bonds. The number of nitrogens with one attached hydrogen (secondary N) is 3. The Labute approximate surface area is 862 Å². The minimum Gasteiger partial charge on any atom is -0.497 e. The van der Waals surface area contributed by atoms with Gasteiger partial charge in [-0.3, -0.25) is 48.4 Å². The highest BCUT2D eigenvalue weighted by molar-refractivity contribution is 5.88. The van der Waals surface area contributed by atoms with E-state index in [0.29, 0.717) is 91.1 Å². The van der Waals surface area contributed by atoms with Gasteiger partial charge in [0.1, 0.15) is 58.2 Å². The molecule has 5 N–H and O–H groups in total. The van der Waals surface area contributed by atoms with E-state index in [2.05, 4.69) is 129 Å². The Morgan fingerprint density at radius 3 is 1.15 bits per heavy atom. The number of nitrogens with zero attached hydrogens (tertiary/aromatic N) is 22. The second-order valence-corrected chi connectivity index (χ2v) is 34.6. The molecule has 0 fully saturated rings. The number of likely N-dealkylation sites (N-methyl/N-ethyl adjacent to an activating group) is 1. The van der Waals surface area contributed by atoms with Crippen LogP contribution in [0.3, 0.4) is 0 Å². The molecule has 0 saturated carbocycles. The van der Waals surface area contributed by atoms with Gasteiger partial charge < -0.3 is 79.2 Å². The number of amides is 1. The van der Waals surface area contributed by atoms with E-state index in [-0.39, 0.29) is 19.0 Å². The number of ether oxygens (including phenoxy) is 8. The van der Waals surface area contributed by atoms with E-state index in [4.69, 9.17) is 63.6 Å². The van der Waals surface area contributed by atoms with Crippen LogP contribution < -0.4 is 79.2 Å². The van der Waals surface area contributed by atoms with Crippen molar-refractivity contribution < 1.29 is 51.5 Å². The summed E-state index contributed by atoms with van der Waals surface area (Å²) in [7, 11) is 18.4. The number of carbonyl (C=O) groups is 1. The number of methoxy groups -OCH3 is 8. The van der Waals surface area contributed by atoms with Crippen LogP contribution >= 0.6 is 0 Å². The third-order valence-electron chi connectivity index (χ3n) is 23.5. The quantitative estimate of drug-likeness (QED) is 0.0206. The SMILES string of the molecule is CNC(=O)Cn1cc(-c2cnc3ccc(N(CCCNC(C)C)c4cc(OC)cc(OC)c4)cc3n2)cn1.COc1cc(OC)cc(N(CC#Cc2ccccn2)c2ccc3ncc(-c4cnn(C)c4)nc3c2)c1.COc1cc(OC)cc(N(CC#Cc2cccnc2)c2ccc3ncc(-c4cnn(C)c4)nc3c2)c1.COc1cc(OC)cc(N(CCCNCC(C)(F)F)c2ccc3ncc(-c4cnn(CCCN)c4)nc3c2)c1. The molecule has 149 heavy (non-hydrogen) atoms. The van der Waals surface area contributed by atoms with Gasteiger partial charge in [0.15, 0.2) is 0 Å². The Morgan fingerprint density at radius 1 is 0.409 bits per heavy atom. The first kappa shape index (κ1) is 105. The van der Waals surface area contributed by atoms with Crippen molar-refractivity contribution in [1.82, 2.24) is 105 Å². The minimum absolute atomic E-state index is 0.119. The van der Waals surface area contributed by atoms with E-state index < -0.39 is 5.92 Å². The van der Waals surface area contributed by atoms with Crippen LogP contribution in [0.4, 0.5) is 54.3 Å². The van der Waals surface area contributed by atoms with Crippen LogP contribution in [-0.2, 0) is 32.0 Å². The van der Waals surface area contributed by atoms with Gasteiger partial charge in [-0.15, -0.1) is 0 Å². The van der Waals surface area contributed by atoms with E-state index in [9.17, 15) is 13.6 Å². The lowest BCUT2D eigenvalue weighted by Gasteiger charge is -2.26. The summed E-state index contributed by atoms with van der Waals surface area (Å²) < 4.78 is 77.5. The molecule has 18 rings (SSSR count). The topological polar surface area (TPSA) is 366 Å². The van der Waals surface area contributed by atoms with Gasteiger partial charge >= 0.3 is 0 Å². The van der Waals surface area contributed by atoms with Gasteiger partial charge in [0.25, 0.3) is 5.92 Å². The molecule has 18 aromatic rings. The van der Waals surface area contributed by atoms with Crippen LogP contribution in [0, 0.1) is 23.7 Å². The van der Waals surface area contributed by atoms with Crippen molar-refractivity contribution in [3.05, 3.63) is 280 Å². The predicted octanol–water partition coefficient (Wildman–Crippen LogP) is 17.7. The number of aromatic nitrogens is 18. The summed E-state index contributed by atoms with van der Waals surface area (Å²) in [5.41, 5.74) is 27.0.